The number of fused-ring (bicyclic) bond motifs is 4. The van der Waals surface area contributed by atoms with Crippen LogP contribution in [0.4, 0.5) is 5.69 Å². The molecule has 206 valence electrons. The number of aromatic nitrogens is 1. The maximum atomic E-state index is 14.1. The van der Waals surface area contributed by atoms with Gasteiger partial charge < -0.3 is 18.9 Å². The van der Waals surface area contributed by atoms with Gasteiger partial charge in [0.1, 0.15) is 0 Å². The van der Waals surface area contributed by atoms with E-state index in [0.717, 1.165) is 35.2 Å². The van der Waals surface area contributed by atoms with Crippen LogP contribution in [0, 0.1) is 10.1 Å². The van der Waals surface area contributed by atoms with Crippen molar-refractivity contribution in [2.75, 3.05) is 21.0 Å². The first-order valence-electron chi connectivity index (χ1n) is 12.9. The summed E-state index contributed by atoms with van der Waals surface area (Å²) in [6.07, 6.45) is 3.08. The number of nitro benzene ring substituents is 1. The van der Waals surface area contributed by atoms with Gasteiger partial charge in [0.2, 0.25) is 6.79 Å². The lowest BCUT2D eigenvalue weighted by Crippen LogP contribution is -2.38. The van der Waals surface area contributed by atoms with Crippen molar-refractivity contribution in [3.05, 3.63) is 112 Å². The minimum atomic E-state index is -0.493. The molecule has 0 saturated carbocycles. The molecule has 2 aliphatic heterocycles. The smallest absolute Gasteiger partial charge is 0.280 e. The first kappa shape index (κ1) is 25.1. The van der Waals surface area contributed by atoms with E-state index < -0.39 is 11.0 Å². The minimum Gasteiger partial charge on any atom is -0.493 e. The molecule has 3 aromatic carbocycles. The maximum Gasteiger partial charge on any atom is 0.280 e. The summed E-state index contributed by atoms with van der Waals surface area (Å²) in [5.41, 5.74) is 4.78. The zero-order chi connectivity index (χ0) is 28.2. The van der Waals surface area contributed by atoms with Gasteiger partial charge in [-0.1, -0.05) is 41.7 Å². The standard InChI is InChI=1S/C30H23N3O7S/c1-37-22-10-8-17(11-23(22)38-2)28-20-9-7-16-5-3-4-6-19(16)27(20)31-30-32(28)29(34)26(41-30)13-18-12-24-25(40-15-39-24)14-21(18)33(35)36/h3-6,8,10-14,28H,7,9,15H2,1-2H3. The summed E-state index contributed by atoms with van der Waals surface area (Å²) in [5, 5.41) is 11.9. The fourth-order valence-electron chi connectivity index (χ4n) is 5.71. The van der Waals surface area contributed by atoms with Crippen molar-refractivity contribution in [3.8, 4) is 23.0 Å². The number of nitrogens with zero attached hydrogens (tertiary/aromatic N) is 3. The van der Waals surface area contributed by atoms with E-state index in [1.165, 1.54) is 35.1 Å². The van der Waals surface area contributed by atoms with E-state index in [2.05, 4.69) is 12.1 Å². The number of ether oxygens (including phenoxy) is 4. The number of allylic oxidation sites excluding steroid dienone is 1. The van der Waals surface area contributed by atoms with Crippen LogP contribution in [0.25, 0.3) is 11.8 Å². The van der Waals surface area contributed by atoms with Crippen LogP contribution >= 0.6 is 11.3 Å². The van der Waals surface area contributed by atoms with Crippen molar-refractivity contribution in [2.24, 2.45) is 4.99 Å². The van der Waals surface area contributed by atoms with Gasteiger partial charge in [-0.15, -0.1) is 0 Å². The van der Waals surface area contributed by atoms with Gasteiger partial charge in [-0.2, -0.15) is 0 Å². The predicted octanol–water partition coefficient (Wildman–Crippen LogP) is 3.97. The van der Waals surface area contributed by atoms with Crippen molar-refractivity contribution in [2.45, 2.75) is 18.9 Å². The summed E-state index contributed by atoms with van der Waals surface area (Å²) in [7, 11) is 3.15. The highest BCUT2D eigenvalue weighted by molar-refractivity contribution is 7.07. The zero-order valence-electron chi connectivity index (χ0n) is 22.1. The summed E-state index contributed by atoms with van der Waals surface area (Å²) in [4.78, 5) is 31.0. The molecule has 10 nitrogen and oxygen atoms in total. The summed E-state index contributed by atoms with van der Waals surface area (Å²) in [5.74, 6) is 1.83. The second kappa shape index (κ2) is 9.63. The van der Waals surface area contributed by atoms with Crippen LogP contribution in [0.1, 0.15) is 34.7 Å². The van der Waals surface area contributed by atoms with Gasteiger partial charge in [0.05, 0.1) is 47.0 Å². The molecule has 0 spiro atoms. The molecule has 11 heteroatoms. The molecule has 1 aliphatic carbocycles. The number of hydrogen-bond donors (Lipinski definition) is 0. The Morgan fingerprint density at radius 3 is 2.61 bits per heavy atom. The van der Waals surface area contributed by atoms with Gasteiger partial charge in [-0.25, -0.2) is 4.99 Å². The molecule has 0 amide bonds. The molecule has 3 heterocycles. The topological polar surface area (TPSA) is 114 Å². The molecule has 1 aromatic heterocycles. The number of nitro groups is 1. The molecule has 0 radical (unpaired) electrons. The van der Waals surface area contributed by atoms with Gasteiger partial charge >= 0.3 is 0 Å². The molecule has 0 bridgehead atoms. The van der Waals surface area contributed by atoms with Gasteiger partial charge in [0.15, 0.2) is 27.8 Å². The van der Waals surface area contributed by atoms with Crippen molar-refractivity contribution >= 4 is 28.8 Å². The number of rotatable bonds is 5. The zero-order valence-corrected chi connectivity index (χ0v) is 22.9. The maximum absolute atomic E-state index is 14.1. The fraction of sp³-hybridized carbons (Fsp3) is 0.200. The van der Waals surface area contributed by atoms with Crippen molar-refractivity contribution in [1.29, 1.82) is 0 Å². The first-order valence-corrected chi connectivity index (χ1v) is 13.7. The number of thiazole rings is 1. The van der Waals surface area contributed by atoms with Gasteiger partial charge in [-0.3, -0.25) is 19.5 Å². The molecule has 0 fully saturated rings. The Bertz CT molecular complexity index is 1970. The molecule has 1 atom stereocenters. The van der Waals surface area contributed by atoms with Crippen LogP contribution in [-0.2, 0) is 6.42 Å². The summed E-state index contributed by atoms with van der Waals surface area (Å²) in [6.45, 7) is -0.0174. The van der Waals surface area contributed by atoms with Crippen LogP contribution in [-0.4, -0.2) is 30.5 Å². The second-order valence-corrected chi connectivity index (χ2v) is 10.8. The average Bonchev–Trinajstić information content (AvgIpc) is 3.58. The van der Waals surface area contributed by atoms with Crippen LogP contribution in [0.5, 0.6) is 23.0 Å². The summed E-state index contributed by atoms with van der Waals surface area (Å²) in [6, 6.07) is 16.2. The highest BCUT2D eigenvalue weighted by Gasteiger charge is 2.33. The lowest BCUT2D eigenvalue weighted by molar-refractivity contribution is -0.385. The van der Waals surface area contributed by atoms with Crippen LogP contribution in [0.2, 0.25) is 0 Å². The van der Waals surface area contributed by atoms with Crippen LogP contribution in [0.3, 0.4) is 0 Å². The first-order chi connectivity index (χ1) is 20.0. The Morgan fingerprint density at radius 2 is 1.83 bits per heavy atom. The SMILES string of the molecule is COc1ccc(C2C3=C(N=c4sc(=Cc5cc6c(cc5[N+](=O)[O-])OCO6)c(=O)n42)c2ccccc2CC3)cc1OC. The number of methoxy groups -OCH3 is 2. The fourth-order valence-corrected chi connectivity index (χ4v) is 6.70. The summed E-state index contributed by atoms with van der Waals surface area (Å²) < 4.78 is 23.8. The molecule has 4 aromatic rings. The van der Waals surface area contributed by atoms with Crippen molar-refractivity contribution in [3.63, 3.8) is 0 Å². The Morgan fingerprint density at radius 1 is 1.05 bits per heavy atom. The van der Waals surface area contributed by atoms with Gasteiger partial charge in [0.25, 0.3) is 11.2 Å². The highest BCUT2D eigenvalue weighted by atomic mass is 32.1. The van der Waals surface area contributed by atoms with Crippen LogP contribution in [0.15, 0.2) is 70.0 Å². The minimum absolute atomic E-state index is 0.0174. The number of hydrogen-bond acceptors (Lipinski definition) is 9. The monoisotopic (exact) mass is 569 g/mol. The van der Waals surface area contributed by atoms with Gasteiger partial charge in [-0.05, 0) is 53.8 Å². The molecule has 0 saturated heterocycles. The molecule has 0 N–H and O–H groups in total. The lowest BCUT2D eigenvalue weighted by Gasteiger charge is -2.31. The predicted molar refractivity (Wildman–Crippen MR) is 152 cm³/mol. The van der Waals surface area contributed by atoms with E-state index >= 15 is 0 Å². The Balaban J connectivity index is 1.48. The second-order valence-electron chi connectivity index (χ2n) is 9.75. The van der Waals surface area contributed by atoms with E-state index in [0.29, 0.717) is 32.3 Å². The van der Waals surface area contributed by atoms with Crippen LogP contribution < -0.4 is 33.8 Å². The Hall–Kier alpha value is -4.90. The molecule has 3 aliphatic rings. The van der Waals surface area contributed by atoms with E-state index in [9.17, 15) is 14.9 Å². The third-order valence-corrected chi connectivity index (χ3v) is 8.58. The molecular formula is C30H23N3O7S. The number of benzene rings is 3. The Kier molecular flexibility index (Phi) is 5.89. The lowest BCUT2D eigenvalue weighted by atomic mass is 9.83. The van der Waals surface area contributed by atoms with Gasteiger partial charge in [0, 0.05) is 5.56 Å². The van der Waals surface area contributed by atoms with E-state index in [4.69, 9.17) is 23.9 Å². The van der Waals surface area contributed by atoms with E-state index in [1.54, 1.807) is 18.8 Å². The highest BCUT2D eigenvalue weighted by Crippen LogP contribution is 2.43. The largest absolute Gasteiger partial charge is 0.493 e. The molecular weight excluding hydrogens is 546 g/mol. The average molecular weight is 570 g/mol. The summed E-state index contributed by atoms with van der Waals surface area (Å²) >= 11 is 1.20. The van der Waals surface area contributed by atoms with Crippen molar-refractivity contribution in [1.82, 2.24) is 4.57 Å². The van der Waals surface area contributed by atoms with Crippen molar-refractivity contribution < 1.29 is 23.9 Å². The molecule has 7 rings (SSSR count). The third-order valence-electron chi connectivity index (χ3n) is 7.60. The Labute approximate surface area is 237 Å². The number of aryl methyl sites for hydroxylation is 1. The molecule has 1 unspecified atom stereocenters. The van der Waals surface area contributed by atoms with E-state index in [-0.39, 0.29) is 23.6 Å². The normalized spacial score (nSPS) is 16.9. The molecule has 41 heavy (non-hydrogen) atoms. The third kappa shape index (κ3) is 4.00. The quantitative estimate of drug-likeness (QED) is 0.264. The van der Waals surface area contributed by atoms with E-state index in [1.807, 2.05) is 30.3 Å².